The Labute approximate surface area is 146 Å². The van der Waals surface area contributed by atoms with E-state index in [4.69, 9.17) is 11.2 Å². The standard InChI is InChI=1S/C19H21N3O3/c1-2-10-25-13-15-6-5-9-21(11-15)18(23)12-22-14-20-17-8-4-3-7-16(17)19(22)24/h1,3-4,7-8,14-15H,5-6,9-13H2. The van der Waals surface area contributed by atoms with Gasteiger partial charge in [-0.15, -0.1) is 6.42 Å². The monoisotopic (exact) mass is 339 g/mol. The summed E-state index contributed by atoms with van der Waals surface area (Å²) in [5.41, 5.74) is 0.449. The molecule has 1 aromatic carbocycles. The Bertz CT molecular complexity index is 853. The largest absolute Gasteiger partial charge is 0.368 e. The fraction of sp³-hybridized carbons (Fsp3) is 0.421. The molecule has 1 unspecified atom stereocenters. The summed E-state index contributed by atoms with van der Waals surface area (Å²) in [6.07, 6.45) is 8.58. The first-order chi connectivity index (χ1) is 12.2. The van der Waals surface area contributed by atoms with Gasteiger partial charge in [-0.05, 0) is 30.9 Å². The summed E-state index contributed by atoms with van der Waals surface area (Å²) in [5.74, 6) is 2.67. The molecule has 1 aliphatic rings. The highest BCUT2D eigenvalue weighted by atomic mass is 16.5. The maximum absolute atomic E-state index is 12.6. The van der Waals surface area contributed by atoms with Crippen LogP contribution in [0.25, 0.3) is 10.9 Å². The highest BCUT2D eigenvalue weighted by molar-refractivity contribution is 5.79. The Morgan fingerprint density at radius 3 is 3.08 bits per heavy atom. The fourth-order valence-electron chi connectivity index (χ4n) is 3.18. The Morgan fingerprint density at radius 2 is 2.24 bits per heavy atom. The number of fused-ring (bicyclic) bond motifs is 1. The number of aromatic nitrogens is 2. The van der Waals surface area contributed by atoms with E-state index in [1.165, 1.54) is 10.9 Å². The highest BCUT2D eigenvalue weighted by Gasteiger charge is 2.24. The molecule has 1 amide bonds. The van der Waals surface area contributed by atoms with E-state index in [0.29, 0.717) is 37.2 Å². The molecule has 6 heteroatoms. The van der Waals surface area contributed by atoms with E-state index in [1.807, 2.05) is 6.07 Å². The molecule has 1 atom stereocenters. The smallest absolute Gasteiger partial charge is 0.261 e. The first-order valence-electron chi connectivity index (χ1n) is 8.42. The van der Waals surface area contributed by atoms with Gasteiger partial charge in [0.1, 0.15) is 13.2 Å². The second-order valence-electron chi connectivity index (χ2n) is 6.26. The molecule has 25 heavy (non-hydrogen) atoms. The predicted octanol–water partition coefficient (Wildman–Crippen LogP) is 1.28. The highest BCUT2D eigenvalue weighted by Crippen LogP contribution is 2.17. The van der Waals surface area contributed by atoms with Crippen molar-refractivity contribution in [2.75, 3.05) is 26.3 Å². The predicted molar refractivity (Wildman–Crippen MR) is 95.0 cm³/mol. The number of likely N-dealkylation sites (tertiary alicyclic amines) is 1. The minimum absolute atomic E-state index is 0.00853. The van der Waals surface area contributed by atoms with Crippen LogP contribution in [0, 0.1) is 18.3 Å². The van der Waals surface area contributed by atoms with Gasteiger partial charge in [-0.3, -0.25) is 14.2 Å². The number of hydrogen-bond donors (Lipinski definition) is 0. The van der Waals surface area contributed by atoms with Crippen LogP contribution in [0.3, 0.4) is 0 Å². The summed E-state index contributed by atoms with van der Waals surface area (Å²) in [6.45, 7) is 2.21. The second-order valence-corrected chi connectivity index (χ2v) is 6.26. The summed E-state index contributed by atoms with van der Waals surface area (Å²) >= 11 is 0. The van der Waals surface area contributed by atoms with Gasteiger partial charge in [-0.25, -0.2) is 4.98 Å². The Morgan fingerprint density at radius 1 is 1.40 bits per heavy atom. The van der Waals surface area contributed by atoms with Gasteiger partial charge >= 0.3 is 0 Å². The Hall–Kier alpha value is -2.65. The molecule has 0 spiro atoms. The lowest BCUT2D eigenvalue weighted by atomic mass is 9.99. The maximum atomic E-state index is 12.6. The number of amides is 1. The van der Waals surface area contributed by atoms with Crippen molar-refractivity contribution in [1.82, 2.24) is 14.5 Å². The minimum Gasteiger partial charge on any atom is -0.368 e. The third kappa shape index (κ3) is 4.06. The molecule has 2 aromatic rings. The molecule has 3 rings (SSSR count). The average Bonchev–Trinajstić information content (AvgIpc) is 2.65. The zero-order valence-corrected chi connectivity index (χ0v) is 14.1. The van der Waals surface area contributed by atoms with Crippen LogP contribution >= 0.6 is 0 Å². The average molecular weight is 339 g/mol. The van der Waals surface area contributed by atoms with Crippen LogP contribution in [0.2, 0.25) is 0 Å². The van der Waals surface area contributed by atoms with Gasteiger partial charge in [0.05, 0.1) is 23.8 Å². The molecule has 130 valence electrons. The zero-order valence-electron chi connectivity index (χ0n) is 14.1. The van der Waals surface area contributed by atoms with Crippen molar-refractivity contribution in [3.63, 3.8) is 0 Å². The van der Waals surface area contributed by atoms with E-state index in [9.17, 15) is 9.59 Å². The van der Waals surface area contributed by atoms with Crippen molar-refractivity contribution >= 4 is 16.8 Å². The third-order valence-corrected chi connectivity index (χ3v) is 4.45. The number of piperidine rings is 1. The van der Waals surface area contributed by atoms with Crippen molar-refractivity contribution in [1.29, 1.82) is 0 Å². The number of rotatable bonds is 5. The number of carbonyl (C=O) groups excluding carboxylic acids is 1. The quantitative estimate of drug-likeness (QED) is 0.608. The molecule has 0 saturated carbocycles. The van der Waals surface area contributed by atoms with Gasteiger partial charge in [0.25, 0.3) is 5.56 Å². The van der Waals surface area contributed by atoms with E-state index in [0.717, 1.165) is 12.8 Å². The zero-order chi connectivity index (χ0) is 17.6. The van der Waals surface area contributed by atoms with Crippen LogP contribution in [0.5, 0.6) is 0 Å². The molecule has 0 bridgehead atoms. The molecule has 2 heterocycles. The Balaban J connectivity index is 1.67. The molecule has 1 saturated heterocycles. The van der Waals surface area contributed by atoms with Crippen LogP contribution in [0.4, 0.5) is 0 Å². The van der Waals surface area contributed by atoms with Crippen molar-refractivity contribution in [3.05, 3.63) is 40.9 Å². The maximum Gasteiger partial charge on any atom is 0.261 e. The van der Waals surface area contributed by atoms with E-state index < -0.39 is 0 Å². The van der Waals surface area contributed by atoms with Gasteiger partial charge in [-0.1, -0.05) is 18.1 Å². The van der Waals surface area contributed by atoms with Crippen LogP contribution < -0.4 is 5.56 Å². The van der Waals surface area contributed by atoms with Gasteiger partial charge in [-0.2, -0.15) is 0 Å². The molecule has 1 aromatic heterocycles. The molecule has 1 fully saturated rings. The van der Waals surface area contributed by atoms with E-state index >= 15 is 0 Å². The minimum atomic E-state index is -0.190. The van der Waals surface area contributed by atoms with Gasteiger partial charge in [0.15, 0.2) is 0 Å². The van der Waals surface area contributed by atoms with Gasteiger partial charge in [0, 0.05) is 13.1 Å². The molecular formula is C19H21N3O3. The lowest BCUT2D eigenvalue weighted by molar-refractivity contribution is -0.134. The summed E-state index contributed by atoms with van der Waals surface area (Å²) in [6, 6.07) is 7.14. The second kappa shape index (κ2) is 7.95. The first kappa shape index (κ1) is 17.2. The lowest BCUT2D eigenvalue weighted by Gasteiger charge is -2.32. The molecule has 0 radical (unpaired) electrons. The van der Waals surface area contributed by atoms with Crippen LogP contribution in [0.1, 0.15) is 12.8 Å². The molecule has 1 aliphatic heterocycles. The van der Waals surface area contributed by atoms with Crippen LogP contribution in [-0.2, 0) is 16.1 Å². The van der Waals surface area contributed by atoms with Gasteiger partial charge in [0.2, 0.25) is 5.91 Å². The number of benzene rings is 1. The van der Waals surface area contributed by atoms with Gasteiger partial charge < -0.3 is 9.64 Å². The molecule has 0 aliphatic carbocycles. The van der Waals surface area contributed by atoms with Crippen molar-refractivity contribution in [2.45, 2.75) is 19.4 Å². The lowest BCUT2D eigenvalue weighted by Crippen LogP contribution is -2.43. The number of para-hydroxylation sites is 1. The van der Waals surface area contributed by atoms with E-state index in [2.05, 4.69) is 10.9 Å². The van der Waals surface area contributed by atoms with Crippen LogP contribution in [0.15, 0.2) is 35.4 Å². The number of carbonyl (C=O) groups is 1. The summed E-state index contributed by atoms with van der Waals surface area (Å²) < 4.78 is 6.77. The van der Waals surface area contributed by atoms with Crippen LogP contribution in [-0.4, -0.2) is 46.7 Å². The van der Waals surface area contributed by atoms with E-state index in [1.54, 1.807) is 23.1 Å². The van der Waals surface area contributed by atoms with Crippen molar-refractivity contribution < 1.29 is 9.53 Å². The molecule has 0 N–H and O–H groups in total. The summed E-state index contributed by atoms with van der Waals surface area (Å²) in [7, 11) is 0. The number of hydrogen-bond acceptors (Lipinski definition) is 4. The number of ether oxygens (including phenoxy) is 1. The van der Waals surface area contributed by atoms with E-state index in [-0.39, 0.29) is 23.9 Å². The fourth-order valence-corrected chi connectivity index (χ4v) is 3.18. The first-order valence-corrected chi connectivity index (χ1v) is 8.42. The van der Waals surface area contributed by atoms with Crippen molar-refractivity contribution in [3.8, 4) is 12.3 Å². The number of terminal acetylenes is 1. The Kier molecular flexibility index (Phi) is 5.46. The third-order valence-electron chi connectivity index (χ3n) is 4.45. The SMILES string of the molecule is C#CCOCC1CCCN(C(=O)Cn2cnc3ccccc3c2=O)C1. The normalized spacial score (nSPS) is 17.4. The topological polar surface area (TPSA) is 64.4 Å². The molecule has 6 nitrogen and oxygen atoms in total. The summed E-state index contributed by atoms with van der Waals surface area (Å²) in [4.78, 5) is 31.2. The number of nitrogens with zero attached hydrogens (tertiary/aromatic N) is 3. The summed E-state index contributed by atoms with van der Waals surface area (Å²) in [5, 5.41) is 0.525. The molecular weight excluding hydrogens is 318 g/mol. The van der Waals surface area contributed by atoms with Crippen molar-refractivity contribution in [2.24, 2.45) is 5.92 Å².